The lowest BCUT2D eigenvalue weighted by atomic mass is 10.1. The molecular weight excluding hydrogens is 305 g/mol. The number of ether oxygens (including phenoxy) is 1. The molecule has 2 aromatic rings. The van der Waals surface area contributed by atoms with Crippen LogP contribution in [0.5, 0.6) is 5.75 Å². The number of hydrogen-bond donors (Lipinski definition) is 1. The lowest BCUT2D eigenvalue weighted by Gasteiger charge is -2.15. The molecule has 2 aromatic carbocycles. The van der Waals surface area contributed by atoms with Crippen LogP contribution in [0.15, 0.2) is 42.5 Å². The van der Waals surface area contributed by atoms with Gasteiger partial charge in [0.15, 0.2) is 0 Å². The number of benzene rings is 2. The molecule has 2 rings (SSSR count). The monoisotopic (exact) mass is 315 g/mol. The van der Waals surface area contributed by atoms with E-state index < -0.39 is 0 Å². The smallest absolute Gasteiger partial charge is 0.119 e. The Hall–Kier alpha value is -0.930. The minimum Gasteiger partial charge on any atom is -0.492 e. The van der Waals surface area contributed by atoms with Crippen molar-refractivity contribution in [1.29, 1.82) is 0 Å². The fraction of sp³-hybridized carbons (Fsp3) is 0.143. The van der Waals surface area contributed by atoms with Gasteiger partial charge in [-0.05, 0) is 35.9 Å². The first-order valence-electron chi connectivity index (χ1n) is 5.66. The highest BCUT2D eigenvalue weighted by molar-refractivity contribution is 6.42. The van der Waals surface area contributed by atoms with Gasteiger partial charge in [-0.15, -0.1) is 0 Å². The van der Waals surface area contributed by atoms with Gasteiger partial charge >= 0.3 is 0 Å². The Morgan fingerprint density at radius 1 is 1.00 bits per heavy atom. The van der Waals surface area contributed by atoms with Crippen molar-refractivity contribution in [2.75, 3.05) is 6.61 Å². The predicted octanol–water partition coefficient (Wildman–Crippen LogP) is 4.73. The molecule has 0 fully saturated rings. The molecule has 2 N–H and O–H groups in total. The van der Waals surface area contributed by atoms with Crippen LogP contribution in [0.25, 0.3) is 0 Å². The zero-order valence-corrected chi connectivity index (χ0v) is 12.2. The minimum absolute atomic E-state index is 0.307. The molecule has 0 bridgehead atoms. The molecule has 0 radical (unpaired) electrons. The molecule has 2 nitrogen and oxygen atoms in total. The van der Waals surface area contributed by atoms with Crippen LogP contribution in [-0.2, 0) is 0 Å². The molecule has 0 amide bonds. The fourth-order valence-corrected chi connectivity index (χ4v) is 2.19. The second kappa shape index (κ2) is 6.49. The Morgan fingerprint density at radius 2 is 1.68 bits per heavy atom. The first-order valence-corrected chi connectivity index (χ1v) is 6.79. The van der Waals surface area contributed by atoms with Crippen LogP contribution in [0.2, 0.25) is 15.1 Å². The lowest BCUT2D eigenvalue weighted by molar-refractivity contribution is 0.291. The average Bonchev–Trinajstić information content (AvgIpc) is 2.41. The van der Waals surface area contributed by atoms with Crippen LogP contribution < -0.4 is 10.5 Å². The van der Waals surface area contributed by atoms with Crippen molar-refractivity contribution in [2.24, 2.45) is 5.73 Å². The summed E-state index contributed by atoms with van der Waals surface area (Å²) in [7, 11) is 0. The number of nitrogens with two attached hydrogens (primary N) is 1. The Balaban J connectivity index is 2.03. The molecule has 1 atom stereocenters. The van der Waals surface area contributed by atoms with E-state index >= 15 is 0 Å². The van der Waals surface area contributed by atoms with Gasteiger partial charge in [0.05, 0.1) is 16.1 Å². The third-order valence-electron chi connectivity index (χ3n) is 2.62. The molecule has 19 heavy (non-hydrogen) atoms. The molecule has 0 spiro atoms. The summed E-state index contributed by atoms with van der Waals surface area (Å²) in [5, 5.41) is 1.62. The Labute approximate surface area is 127 Å². The standard InChI is InChI=1S/C14H12Cl3NO/c15-9-4-6-10(7-5-9)19-8-13(18)11-2-1-3-12(16)14(11)17/h1-7,13H,8,18H2. The summed E-state index contributed by atoms with van der Waals surface area (Å²) in [6.45, 7) is 0.307. The van der Waals surface area contributed by atoms with Gasteiger partial charge in [0.1, 0.15) is 12.4 Å². The highest BCUT2D eigenvalue weighted by Gasteiger charge is 2.13. The van der Waals surface area contributed by atoms with Gasteiger partial charge in [-0.25, -0.2) is 0 Å². The summed E-state index contributed by atoms with van der Waals surface area (Å²) in [5.74, 6) is 0.706. The van der Waals surface area contributed by atoms with E-state index in [9.17, 15) is 0 Å². The molecule has 1 unspecified atom stereocenters. The van der Waals surface area contributed by atoms with E-state index in [1.165, 1.54) is 0 Å². The number of hydrogen-bond acceptors (Lipinski definition) is 2. The van der Waals surface area contributed by atoms with Crippen LogP contribution in [0.3, 0.4) is 0 Å². The van der Waals surface area contributed by atoms with Crippen LogP contribution in [0.1, 0.15) is 11.6 Å². The second-order valence-corrected chi connectivity index (χ2v) is 5.24. The van der Waals surface area contributed by atoms with E-state index in [2.05, 4.69) is 0 Å². The molecule has 0 aliphatic heterocycles. The van der Waals surface area contributed by atoms with Crippen LogP contribution >= 0.6 is 34.8 Å². The van der Waals surface area contributed by atoms with Gasteiger partial charge in [0, 0.05) is 5.02 Å². The predicted molar refractivity (Wildman–Crippen MR) is 80.3 cm³/mol. The molecule has 0 aromatic heterocycles. The van der Waals surface area contributed by atoms with Gasteiger partial charge in [0.25, 0.3) is 0 Å². The summed E-state index contributed by atoms with van der Waals surface area (Å²) < 4.78 is 5.59. The van der Waals surface area contributed by atoms with Crippen LogP contribution in [0.4, 0.5) is 0 Å². The molecule has 0 aliphatic rings. The third-order valence-corrected chi connectivity index (χ3v) is 3.71. The highest BCUT2D eigenvalue weighted by atomic mass is 35.5. The first kappa shape index (κ1) is 14.5. The fourth-order valence-electron chi connectivity index (χ4n) is 1.61. The van der Waals surface area contributed by atoms with Crippen LogP contribution in [0, 0.1) is 0 Å². The highest BCUT2D eigenvalue weighted by Crippen LogP contribution is 2.29. The summed E-state index contributed by atoms with van der Waals surface area (Å²) in [6, 6.07) is 12.1. The van der Waals surface area contributed by atoms with Gasteiger partial charge < -0.3 is 10.5 Å². The molecule has 100 valence electrons. The summed E-state index contributed by atoms with van der Waals surface area (Å²) in [6.07, 6.45) is 0. The second-order valence-electron chi connectivity index (χ2n) is 4.01. The van der Waals surface area contributed by atoms with Crippen molar-refractivity contribution in [3.8, 4) is 5.75 Å². The van der Waals surface area contributed by atoms with Crippen LogP contribution in [-0.4, -0.2) is 6.61 Å². The van der Waals surface area contributed by atoms with Gasteiger partial charge in [0.2, 0.25) is 0 Å². The zero-order valence-electron chi connectivity index (χ0n) is 9.95. The van der Waals surface area contributed by atoms with E-state index in [4.69, 9.17) is 45.3 Å². The van der Waals surface area contributed by atoms with Crippen molar-refractivity contribution in [1.82, 2.24) is 0 Å². The van der Waals surface area contributed by atoms with E-state index in [1.807, 2.05) is 12.1 Å². The van der Waals surface area contributed by atoms with Gasteiger partial charge in [-0.3, -0.25) is 0 Å². The van der Waals surface area contributed by atoms with Crippen molar-refractivity contribution < 1.29 is 4.74 Å². The van der Waals surface area contributed by atoms with E-state index in [1.54, 1.807) is 30.3 Å². The average molecular weight is 317 g/mol. The SMILES string of the molecule is NC(COc1ccc(Cl)cc1)c1cccc(Cl)c1Cl. The number of halogens is 3. The minimum atomic E-state index is -0.345. The molecular formula is C14H12Cl3NO. The molecule has 0 heterocycles. The van der Waals surface area contributed by atoms with E-state index in [0.29, 0.717) is 27.4 Å². The summed E-state index contributed by atoms with van der Waals surface area (Å²) in [4.78, 5) is 0. The normalized spacial score (nSPS) is 12.2. The third kappa shape index (κ3) is 3.77. The maximum atomic E-state index is 6.11. The van der Waals surface area contributed by atoms with Crippen molar-refractivity contribution >= 4 is 34.8 Å². The number of rotatable bonds is 4. The van der Waals surface area contributed by atoms with Crippen molar-refractivity contribution in [2.45, 2.75) is 6.04 Å². The molecule has 0 aliphatic carbocycles. The maximum Gasteiger partial charge on any atom is 0.119 e. The van der Waals surface area contributed by atoms with Crippen molar-refractivity contribution in [3.63, 3.8) is 0 Å². The van der Waals surface area contributed by atoms with Gasteiger partial charge in [-0.2, -0.15) is 0 Å². The Kier molecular flexibility index (Phi) is 4.94. The molecule has 0 saturated carbocycles. The lowest BCUT2D eigenvalue weighted by Crippen LogP contribution is -2.19. The van der Waals surface area contributed by atoms with Crippen molar-refractivity contribution in [3.05, 3.63) is 63.1 Å². The molecule has 0 saturated heterocycles. The Bertz CT molecular complexity index is 557. The molecule has 5 heteroatoms. The quantitative estimate of drug-likeness (QED) is 0.885. The van der Waals surface area contributed by atoms with Gasteiger partial charge in [-0.1, -0.05) is 46.9 Å². The maximum absolute atomic E-state index is 6.11. The zero-order chi connectivity index (χ0) is 13.8. The Morgan fingerprint density at radius 3 is 2.37 bits per heavy atom. The van der Waals surface area contributed by atoms with E-state index in [-0.39, 0.29) is 6.04 Å². The summed E-state index contributed by atoms with van der Waals surface area (Å²) >= 11 is 17.9. The van der Waals surface area contributed by atoms with E-state index in [0.717, 1.165) is 5.56 Å². The topological polar surface area (TPSA) is 35.2 Å². The largest absolute Gasteiger partial charge is 0.492 e. The summed E-state index contributed by atoms with van der Waals surface area (Å²) in [5.41, 5.74) is 6.82. The first-order chi connectivity index (χ1) is 9.08.